The highest BCUT2D eigenvalue weighted by molar-refractivity contribution is 7.99. The van der Waals surface area contributed by atoms with Crippen LogP contribution >= 0.6 is 24.0 Å². The van der Waals surface area contributed by atoms with E-state index in [2.05, 4.69) is 22.4 Å². The molecule has 1 unspecified atom stereocenters. The van der Waals surface area contributed by atoms with Crippen molar-refractivity contribution in [1.82, 2.24) is 0 Å². The van der Waals surface area contributed by atoms with E-state index in [4.69, 9.17) is 4.74 Å². The predicted octanol–water partition coefficient (Wildman–Crippen LogP) is 3.34. The summed E-state index contributed by atoms with van der Waals surface area (Å²) >= 11 is 6.26. The van der Waals surface area contributed by atoms with Gasteiger partial charge in [0.15, 0.2) is 11.6 Å². The molecule has 1 atom stereocenters. The van der Waals surface area contributed by atoms with E-state index in [-0.39, 0.29) is 24.5 Å². The Labute approximate surface area is 154 Å². The number of hydrogen-bond donors (Lipinski definition) is 0. The number of thioether (sulfide) groups is 1. The zero-order chi connectivity index (χ0) is 17.8. The van der Waals surface area contributed by atoms with Crippen molar-refractivity contribution in [3.8, 4) is 0 Å². The van der Waals surface area contributed by atoms with E-state index >= 15 is 0 Å². The third kappa shape index (κ3) is 4.11. The van der Waals surface area contributed by atoms with Gasteiger partial charge in [-0.05, 0) is 24.4 Å². The van der Waals surface area contributed by atoms with Gasteiger partial charge in [0.2, 0.25) is 0 Å². The summed E-state index contributed by atoms with van der Waals surface area (Å²) in [5.41, 5.74) is 0.113. The largest absolute Gasteiger partial charge is 0.442 e. The average Bonchev–Trinajstić information content (AvgIpc) is 2.77. The second-order valence-corrected chi connectivity index (χ2v) is 7.17. The van der Waals surface area contributed by atoms with Crippen LogP contribution in [0.3, 0.4) is 0 Å². The maximum Gasteiger partial charge on any atom is 0.414 e. The lowest BCUT2D eigenvalue weighted by atomic mass is 10.2. The van der Waals surface area contributed by atoms with Crippen molar-refractivity contribution in [3.63, 3.8) is 0 Å². The molecule has 134 valence electrons. The number of aliphatic imine (C=N–C) groups is 1. The van der Waals surface area contributed by atoms with Gasteiger partial charge in [0.1, 0.15) is 11.8 Å². The van der Waals surface area contributed by atoms with Gasteiger partial charge >= 0.3 is 6.09 Å². The third-order valence-corrected chi connectivity index (χ3v) is 5.26. The van der Waals surface area contributed by atoms with E-state index in [0.29, 0.717) is 13.1 Å². The molecule has 1 amide bonds. The molecule has 0 N–H and O–H groups in total. The minimum absolute atomic E-state index is 0.0272. The minimum Gasteiger partial charge on any atom is -0.442 e. The van der Waals surface area contributed by atoms with Crippen LogP contribution in [0.25, 0.3) is 0 Å². The molecule has 0 bridgehead atoms. The Kier molecular flexibility index (Phi) is 5.88. The van der Waals surface area contributed by atoms with Crippen molar-refractivity contribution in [1.29, 1.82) is 0 Å². The number of thiocarbonyl (C=S) groups is 1. The number of hydrogen-bond acceptors (Lipinski definition) is 6. The number of benzene rings is 1. The number of anilines is 2. The summed E-state index contributed by atoms with van der Waals surface area (Å²) in [6.07, 6.45) is -0.273. The van der Waals surface area contributed by atoms with Gasteiger partial charge < -0.3 is 9.64 Å². The summed E-state index contributed by atoms with van der Waals surface area (Å²) in [6, 6.07) is 2.37. The van der Waals surface area contributed by atoms with Crippen LogP contribution in [0.1, 0.15) is 6.42 Å². The van der Waals surface area contributed by atoms with Crippen LogP contribution in [0.15, 0.2) is 17.1 Å². The molecule has 2 heterocycles. The molecule has 2 saturated heterocycles. The van der Waals surface area contributed by atoms with Gasteiger partial charge in [0.25, 0.3) is 0 Å². The van der Waals surface area contributed by atoms with E-state index in [0.717, 1.165) is 17.9 Å². The first-order valence-corrected chi connectivity index (χ1v) is 9.50. The van der Waals surface area contributed by atoms with Gasteiger partial charge in [0.05, 0.1) is 23.9 Å². The van der Waals surface area contributed by atoms with Crippen molar-refractivity contribution < 1.29 is 18.3 Å². The summed E-state index contributed by atoms with van der Waals surface area (Å²) in [6.45, 7) is 1.56. The molecule has 25 heavy (non-hydrogen) atoms. The SMILES string of the molecule is O=C1OC(CN=C=S)CN1c1cc(F)c(N2CCCSCC2)c(F)c1. The zero-order valence-corrected chi connectivity index (χ0v) is 15.0. The second-order valence-electron chi connectivity index (χ2n) is 5.76. The standard InChI is InChI=1S/C16H17F2N3O2S2/c17-13-6-11(21-9-12(8-19-10-24)23-16(21)22)7-14(18)15(13)20-2-1-4-25-5-3-20/h6-7,12H,1-5,8-9H2. The summed E-state index contributed by atoms with van der Waals surface area (Å²) in [7, 11) is 0. The maximum absolute atomic E-state index is 14.6. The molecule has 0 aliphatic carbocycles. The zero-order valence-electron chi connectivity index (χ0n) is 13.4. The van der Waals surface area contributed by atoms with E-state index in [9.17, 15) is 13.6 Å². The number of isothiocyanates is 1. The highest BCUT2D eigenvalue weighted by Gasteiger charge is 2.33. The number of halogens is 2. The number of amides is 1. The Morgan fingerprint density at radius 1 is 1.32 bits per heavy atom. The minimum atomic E-state index is -0.671. The van der Waals surface area contributed by atoms with Crippen LogP contribution in [-0.2, 0) is 4.74 Å². The Bertz CT molecular complexity index is 682. The lowest BCUT2D eigenvalue weighted by molar-refractivity contribution is 0.145. The molecule has 0 saturated carbocycles. The Balaban J connectivity index is 1.82. The van der Waals surface area contributed by atoms with E-state index in [1.807, 2.05) is 0 Å². The summed E-state index contributed by atoms with van der Waals surface area (Å²) in [5.74, 6) is 0.481. The molecule has 1 aromatic carbocycles. The third-order valence-electron chi connectivity index (χ3n) is 4.09. The smallest absolute Gasteiger partial charge is 0.414 e. The van der Waals surface area contributed by atoms with E-state index < -0.39 is 23.8 Å². The fourth-order valence-corrected chi connectivity index (χ4v) is 3.91. The van der Waals surface area contributed by atoms with Crippen LogP contribution in [0.5, 0.6) is 0 Å². The molecule has 5 nitrogen and oxygen atoms in total. The summed E-state index contributed by atoms with van der Waals surface area (Å²) in [5, 5.41) is 2.20. The first-order chi connectivity index (χ1) is 12.1. The lowest BCUT2D eigenvalue weighted by Gasteiger charge is -2.24. The normalized spacial score (nSPS) is 20.9. The highest BCUT2D eigenvalue weighted by Crippen LogP contribution is 2.32. The second kappa shape index (κ2) is 8.12. The average molecular weight is 385 g/mol. The number of rotatable bonds is 4. The van der Waals surface area contributed by atoms with Crippen molar-refractivity contribution >= 4 is 46.6 Å². The van der Waals surface area contributed by atoms with Crippen LogP contribution < -0.4 is 9.80 Å². The molecular weight excluding hydrogens is 368 g/mol. The van der Waals surface area contributed by atoms with E-state index in [1.165, 1.54) is 17.0 Å². The lowest BCUT2D eigenvalue weighted by Crippen LogP contribution is -2.29. The molecule has 2 aliphatic heterocycles. The number of carbonyl (C=O) groups excluding carboxylic acids is 1. The molecule has 3 rings (SSSR count). The molecule has 1 aromatic rings. The summed E-state index contributed by atoms with van der Waals surface area (Å²) in [4.78, 5) is 18.6. The van der Waals surface area contributed by atoms with Crippen molar-refractivity contribution in [2.75, 3.05) is 47.5 Å². The molecule has 2 fully saturated rings. The number of carbonyl (C=O) groups is 1. The predicted molar refractivity (Wildman–Crippen MR) is 98.0 cm³/mol. The fraction of sp³-hybridized carbons (Fsp3) is 0.500. The van der Waals surface area contributed by atoms with Crippen LogP contribution in [0.2, 0.25) is 0 Å². The molecule has 0 radical (unpaired) electrons. The first-order valence-electron chi connectivity index (χ1n) is 7.93. The Morgan fingerprint density at radius 3 is 2.80 bits per heavy atom. The van der Waals surface area contributed by atoms with Crippen LogP contribution in [-0.4, -0.2) is 55.0 Å². The number of nitrogens with zero attached hydrogens (tertiary/aromatic N) is 3. The van der Waals surface area contributed by atoms with Gasteiger partial charge in [-0.3, -0.25) is 4.90 Å². The topological polar surface area (TPSA) is 45.1 Å². The molecule has 0 spiro atoms. The van der Waals surface area contributed by atoms with Gasteiger partial charge in [-0.2, -0.15) is 11.8 Å². The number of ether oxygens (including phenoxy) is 1. The maximum atomic E-state index is 14.6. The van der Waals surface area contributed by atoms with Crippen LogP contribution in [0, 0.1) is 11.6 Å². The first kappa shape index (κ1) is 18.1. The van der Waals surface area contributed by atoms with Gasteiger partial charge in [-0.1, -0.05) is 0 Å². The van der Waals surface area contributed by atoms with Gasteiger partial charge in [-0.15, -0.1) is 0 Å². The van der Waals surface area contributed by atoms with Crippen LogP contribution in [0.4, 0.5) is 25.0 Å². The van der Waals surface area contributed by atoms with Gasteiger partial charge in [0, 0.05) is 31.0 Å². The van der Waals surface area contributed by atoms with Crippen molar-refractivity contribution in [2.24, 2.45) is 4.99 Å². The van der Waals surface area contributed by atoms with Crippen molar-refractivity contribution in [2.45, 2.75) is 12.5 Å². The molecule has 0 aromatic heterocycles. The molecule has 9 heteroatoms. The monoisotopic (exact) mass is 385 g/mol. The van der Waals surface area contributed by atoms with E-state index in [1.54, 1.807) is 16.7 Å². The van der Waals surface area contributed by atoms with Crippen molar-refractivity contribution in [3.05, 3.63) is 23.8 Å². The fourth-order valence-electron chi connectivity index (χ4n) is 2.95. The quantitative estimate of drug-likeness (QED) is 0.588. The van der Waals surface area contributed by atoms with Gasteiger partial charge in [-0.25, -0.2) is 18.6 Å². The molecule has 2 aliphatic rings. The Morgan fingerprint density at radius 2 is 2.08 bits per heavy atom. The Hall–Kier alpha value is -1.70. The highest BCUT2D eigenvalue weighted by atomic mass is 32.2. The summed E-state index contributed by atoms with van der Waals surface area (Å²) < 4.78 is 34.3. The number of cyclic esters (lactones) is 1. The molecular formula is C16H17F2N3O2S2.